The maximum atomic E-state index is 13.4. The Morgan fingerprint density at radius 3 is 2.95 bits per heavy atom. The Labute approximate surface area is 108 Å². The number of anilines is 1. The summed E-state index contributed by atoms with van der Waals surface area (Å²) in [5, 5.41) is 11.1. The van der Waals surface area contributed by atoms with Crippen molar-refractivity contribution < 1.29 is 18.7 Å². The fraction of sp³-hybridized carbons (Fsp3) is 0.0714. The first kappa shape index (κ1) is 12.9. The van der Waals surface area contributed by atoms with E-state index in [0.29, 0.717) is 5.69 Å². The normalized spacial score (nSPS) is 9.58. The summed E-state index contributed by atoms with van der Waals surface area (Å²) in [6, 6.07) is 7.11. The molecule has 1 aromatic heterocycles. The van der Waals surface area contributed by atoms with Gasteiger partial charge in [0, 0.05) is 5.69 Å². The van der Waals surface area contributed by atoms with Gasteiger partial charge in [0.1, 0.15) is 12.4 Å². The summed E-state index contributed by atoms with van der Waals surface area (Å²) in [6.07, 6.45) is 1.39. The first-order chi connectivity index (χ1) is 9.20. The Balaban J connectivity index is 2.19. The van der Waals surface area contributed by atoms with Crippen LogP contribution in [0.3, 0.4) is 0 Å². The number of aliphatic hydroxyl groups is 1. The van der Waals surface area contributed by atoms with Crippen molar-refractivity contribution in [1.82, 2.24) is 0 Å². The van der Waals surface area contributed by atoms with E-state index >= 15 is 0 Å². The highest BCUT2D eigenvalue weighted by molar-refractivity contribution is 6.02. The molecule has 19 heavy (non-hydrogen) atoms. The zero-order valence-electron chi connectivity index (χ0n) is 9.81. The SMILES string of the molecule is O=C(Nc1ccc(F)c(C#CCO)c1)c1ccco1. The molecule has 96 valence electrons. The second-order valence-corrected chi connectivity index (χ2v) is 3.59. The zero-order valence-corrected chi connectivity index (χ0v) is 9.81. The Kier molecular flexibility index (Phi) is 3.96. The molecule has 0 spiro atoms. The molecule has 2 rings (SSSR count). The van der Waals surface area contributed by atoms with Crippen LogP contribution in [0.2, 0.25) is 0 Å². The lowest BCUT2D eigenvalue weighted by Crippen LogP contribution is -2.11. The van der Waals surface area contributed by atoms with Crippen molar-refractivity contribution in [2.75, 3.05) is 11.9 Å². The highest BCUT2D eigenvalue weighted by Gasteiger charge is 2.09. The quantitative estimate of drug-likeness (QED) is 0.811. The number of halogens is 1. The first-order valence-electron chi connectivity index (χ1n) is 5.45. The molecule has 0 fully saturated rings. The van der Waals surface area contributed by atoms with E-state index in [1.807, 2.05) is 0 Å². The maximum absolute atomic E-state index is 13.4. The van der Waals surface area contributed by atoms with Crippen LogP contribution in [0.25, 0.3) is 0 Å². The van der Waals surface area contributed by atoms with Gasteiger partial charge in [0.2, 0.25) is 0 Å². The van der Waals surface area contributed by atoms with Crippen LogP contribution in [0.5, 0.6) is 0 Å². The molecule has 1 aromatic carbocycles. The van der Waals surface area contributed by atoms with Crippen LogP contribution in [0, 0.1) is 17.7 Å². The summed E-state index contributed by atoms with van der Waals surface area (Å²) in [6.45, 7) is -0.359. The molecule has 0 saturated carbocycles. The first-order valence-corrected chi connectivity index (χ1v) is 5.45. The molecule has 2 aromatic rings. The predicted molar refractivity (Wildman–Crippen MR) is 67.0 cm³/mol. The minimum atomic E-state index is -0.517. The van der Waals surface area contributed by atoms with Crippen molar-refractivity contribution in [2.45, 2.75) is 0 Å². The second kappa shape index (κ2) is 5.85. The van der Waals surface area contributed by atoms with Gasteiger partial charge in [-0.05, 0) is 30.3 Å². The van der Waals surface area contributed by atoms with Gasteiger partial charge in [-0.2, -0.15) is 0 Å². The molecule has 5 heteroatoms. The lowest BCUT2D eigenvalue weighted by molar-refractivity contribution is 0.0996. The van der Waals surface area contributed by atoms with Gasteiger partial charge in [-0.25, -0.2) is 4.39 Å². The minimum absolute atomic E-state index is 0.103. The van der Waals surface area contributed by atoms with E-state index < -0.39 is 11.7 Å². The number of aliphatic hydroxyl groups excluding tert-OH is 1. The largest absolute Gasteiger partial charge is 0.459 e. The Hall–Kier alpha value is -2.58. The smallest absolute Gasteiger partial charge is 0.291 e. The molecule has 0 radical (unpaired) electrons. The fourth-order valence-corrected chi connectivity index (χ4v) is 1.43. The van der Waals surface area contributed by atoms with Gasteiger partial charge in [0.25, 0.3) is 5.91 Å². The summed E-state index contributed by atoms with van der Waals surface area (Å²) in [5.41, 5.74) is 0.497. The lowest BCUT2D eigenvalue weighted by Gasteiger charge is -2.04. The third kappa shape index (κ3) is 3.21. The monoisotopic (exact) mass is 259 g/mol. The molecule has 0 bridgehead atoms. The number of hydrogen-bond acceptors (Lipinski definition) is 3. The molecule has 0 aliphatic carbocycles. The topological polar surface area (TPSA) is 62.5 Å². The van der Waals surface area contributed by atoms with Crippen molar-refractivity contribution in [3.8, 4) is 11.8 Å². The Morgan fingerprint density at radius 2 is 2.26 bits per heavy atom. The van der Waals surface area contributed by atoms with Crippen LogP contribution < -0.4 is 5.32 Å². The zero-order chi connectivity index (χ0) is 13.7. The molecule has 0 unspecified atom stereocenters. The summed E-state index contributed by atoms with van der Waals surface area (Å²) in [5.74, 6) is 4.02. The van der Waals surface area contributed by atoms with Crippen LogP contribution in [0.4, 0.5) is 10.1 Å². The van der Waals surface area contributed by atoms with Crippen molar-refractivity contribution in [1.29, 1.82) is 0 Å². The van der Waals surface area contributed by atoms with E-state index in [1.54, 1.807) is 6.07 Å². The van der Waals surface area contributed by atoms with E-state index in [2.05, 4.69) is 17.2 Å². The third-order valence-corrected chi connectivity index (χ3v) is 2.27. The van der Waals surface area contributed by atoms with Gasteiger partial charge in [-0.1, -0.05) is 11.8 Å². The van der Waals surface area contributed by atoms with Gasteiger partial charge < -0.3 is 14.8 Å². The average molecular weight is 259 g/mol. The summed E-state index contributed by atoms with van der Waals surface area (Å²) in [7, 11) is 0. The van der Waals surface area contributed by atoms with Gasteiger partial charge in [-0.15, -0.1) is 0 Å². The molecule has 0 aliphatic heterocycles. The van der Waals surface area contributed by atoms with E-state index in [0.717, 1.165) is 0 Å². The highest BCUT2D eigenvalue weighted by atomic mass is 19.1. The Morgan fingerprint density at radius 1 is 1.42 bits per heavy atom. The minimum Gasteiger partial charge on any atom is -0.459 e. The molecular formula is C14H10FNO3. The molecular weight excluding hydrogens is 249 g/mol. The van der Waals surface area contributed by atoms with Gasteiger partial charge in [-0.3, -0.25) is 4.79 Å². The molecule has 1 heterocycles. The van der Waals surface area contributed by atoms with Crippen molar-refractivity contribution in [3.05, 3.63) is 53.7 Å². The number of carbonyl (C=O) groups is 1. The van der Waals surface area contributed by atoms with Crippen LogP contribution >= 0.6 is 0 Å². The van der Waals surface area contributed by atoms with Crippen LogP contribution in [0.15, 0.2) is 41.0 Å². The maximum Gasteiger partial charge on any atom is 0.291 e. The predicted octanol–water partition coefficient (Wildman–Crippen LogP) is 2.01. The number of furan rings is 1. The molecule has 2 N–H and O–H groups in total. The molecule has 0 saturated heterocycles. The summed E-state index contributed by atoms with van der Waals surface area (Å²) < 4.78 is 18.3. The number of benzene rings is 1. The van der Waals surface area contributed by atoms with E-state index in [1.165, 1.54) is 30.5 Å². The molecule has 1 amide bonds. The fourth-order valence-electron chi connectivity index (χ4n) is 1.43. The number of hydrogen-bond donors (Lipinski definition) is 2. The van der Waals surface area contributed by atoms with E-state index in [-0.39, 0.29) is 17.9 Å². The standard InChI is InChI=1S/C14H10FNO3/c15-12-6-5-11(9-10(12)3-1-7-17)16-14(18)13-4-2-8-19-13/h2,4-6,8-9,17H,7H2,(H,16,18). The average Bonchev–Trinajstić information content (AvgIpc) is 2.93. The highest BCUT2D eigenvalue weighted by Crippen LogP contribution is 2.15. The van der Waals surface area contributed by atoms with E-state index in [9.17, 15) is 9.18 Å². The van der Waals surface area contributed by atoms with Crippen LogP contribution in [-0.2, 0) is 0 Å². The summed E-state index contributed by atoms with van der Waals surface area (Å²) in [4.78, 5) is 11.7. The van der Waals surface area contributed by atoms with Crippen LogP contribution in [-0.4, -0.2) is 17.6 Å². The Bertz CT molecular complexity index is 638. The van der Waals surface area contributed by atoms with Gasteiger partial charge in [0.05, 0.1) is 11.8 Å². The molecule has 0 atom stereocenters. The third-order valence-electron chi connectivity index (χ3n) is 2.27. The van der Waals surface area contributed by atoms with Crippen molar-refractivity contribution in [3.63, 3.8) is 0 Å². The molecule has 0 aliphatic rings. The second-order valence-electron chi connectivity index (χ2n) is 3.59. The number of nitrogens with one attached hydrogen (secondary N) is 1. The number of carbonyl (C=O) groups excluding carboxylic acids is 1. The number of amides is 1. The molecule has 4 nitrogen and oxygen atoms in total. The summed E-state index contributed by atoms with van der Waals surface area (Å²) >= 11 is 0. The lowest BCUT2D eigenvalue weighted by atomic mass is 10.2. The van der Waals surface area contributed by atoms with Gasteiger partial charge in [0.15, 0.2) is 5.76 Å². The van der Waals surface area contributed by atoms with Crippen molar-refractivity contribution in [2.24, 2.45) is 0 Å². The van der Waals surface area contributed by atoms with Crippen LogP contribution in [0.1, 0.15) is 16.1 Å². The number of rotatable bonds is 2. The van der Waals surface area contributed by atoms with E-state index in [4.69, 9.17) is 9.52 Å². The van der Waals surface area contributed by atoms with Gasteiger partial charge >= 0.3 is 0 Å². The van der Waals surface area contributed by atoms with Crippen molar-refractivity contribution >= 4 is 11.6 Å².